The van der Waals surface area contributed by atoms with E-state index < -0.39 is 20.0 Å². The third kappa shape index (κ3) is 61.2. The highest BCUT2D eigenvalue weighted by Crippen LogP contribution is 2.43. The van der Waals surface area contributed by atoms with Crippen molar-refractivity contribution in [2.24, 2.45) is 0 Å². The number of rotatable bonds is 59. The van der Waals surface area contributed by atoms with Gasteiger partial charge in [-0.05, 0) is 70.6 Å². The van der Waals surface area contributed by atoms with Gasteiger partial charge < -0.3 is 19.8 Å². The number of aliphatic hydroxyl groups is 1. The number of nitrogens with zero attached hydrogens (tertiary/aromatic N) is 1. The zero-order valence-electron chi connectivity index (χ0n) is 51.2. The van der Waals surface area contributed by atoms with Gasteiger partial charge >= 0.3 is 7.82 Å². The molecule has 0 aliphatic carbocycles. The van der Waals surface area contributed by atoms with Crippen molar-refractivity contribution in [3.63, 3.8) is 0 Å². The van der Waals surface area contributed by atoms with Crippen LogP contribution in [-0.4, -0.2) is 73.4 Å². The van der Waals surface area contributed by atoms with Crippen molar-refractivity contribution in [1.29, 1.82) is 0 Å². The van der Waals surface area contributed by atoms with Gasteiger partial charge in [-0.2, -0.15) is 0 Å². The maximum atomic E-state index is 13.0. The topological polar surface area (TPSA) is 105 Å². The Morgan fingerprint density at radius 3 is 1.14 bits per heavy atom. The van der Waals surface area contributed by atoms with Crippen molar-refractivity contribution in [2.45, 2.75) is 302 Å². The Morgan fingerprint density at radius 1 is 0.455 bits per heavy atom. The van der Waals surface area contributed by atoms with Crippen LogP contribution >= 0.6 is 7.82 Å². The molecule has 3 unspecified atom stereocenters. The lowest BCUT2D eigenvalue weighted by molar-refractivity contribution is -0.870. The van der Waals surface area contributed by atoms with Gasteiger partial charge in [-0.3, -0.25) is 13.8 Å². The molecule has 0 spiro atoms. The first kappa shape index (κ1) is 74.7. The molecule has 0 saturated heterocycles. The normalized spacial score (nSPS) is 14.3. The maximum absolute atomic E-state index is 13.0. The van der Waals surface area contributed by atoms with E-state index in [4.69, 9.17) is 9.05 Å². The molecule has 0 aromatic carbocycles. The molecule has 9 heteroatoms. The second-order valence-electron chi connectivity index (χ2n) is 23.1. The molecule has 0 rings (SSSR count). The molecule has 8 nitrogen and oxygen atoms in total. The molecule has 0 heterocycles. The van der Waals surface area contributed by atoms with Crippen LogP contribution in [0.3, 0.4) is 0 Å². The number of amides is 1. The van der Waals surface area contributed by atoms with Gasteiger partial charge in [0.25, 0.3) is 0 Å². The van der Waals surface area contributed by atoms with Gasteiger partial charge in [0.1, 0.15) is 13.2 Å². The quantitative estimate of drug-likeness (QED) is 0.0243. The van der Waals surface area contributed by atoms with E-state index in [0.717, 1.165) is 83.5 Å². The minimum absolute atomic E-state index is 0.0725. The highest BCUT2D eigenvalue weighted by atomic mass is 31.2. The van der Waals surface area contributed by atoms with Crippen molar-refractivity contribution >= 4 is 13.7 Å². The lowest BCUT2D eigenvalue weighted by atomic mass is 10.0. The van der Waals surface area contributed by atoms with E-state index in [0.29, 0.717) is 23.9 Å². The Hall–Kier alpha value is -2.32. The van der Waals surface area contributed by atoms with Gasteiger partial charge in [-0.15, -0.1) is 0 Å². The Labute approximate surface area is 477 Å². The van der Waals surface area contributed by atoms with Crippen molar-refractivity contribution < 1.29 is 32.9 Å². The number of hydrogen-bond acceptors (Lipinski definition) is 5. The van der Waals surface area contributed by atoms with Crippen LogP contribution < -0.4 is 5.32 Å². The molecule has 77 heavy (non-hydrogen) atoms. The first-order chi connectivity index (χ1) is 37.5. The van der Waals surface area contributed by atoms with Gasteiger partial charge in [0.2, 0.25) is 5.91 Å². The predicted molar refractivity (Wildman–Crippen MR) is 336 cm³/mol. The summed E-state index contributed by atoms with van der Waals surface area (Å²) >= 11 is 0. The maximum Gasteiger partial charge on any atom is 0.472 e. The summed E-state index contributed by atoms with van der Waals surface area (Å²) in [5, 5.41) is 14.1. The first-order valence-electron chi connectivity index (χ1n) is 32.5. The molecule has 3 N–H and O–H groups in total. The number of nitrogens with one attached hydrogen (secondary N) is 1. The number of carbonyl (C=O) groups is 1. The van der Waals surface area contributed by atoms with E-state index >= 15 is 0 Å². The van der Waals surface area contributed by atoms with Crippen molar-refractivity contribution in [3.8, 4) is 0 Å². The second kappa shape index (κ2) is 58.3. The summed E-state index contributed by atoms with van der Waals surface area (Å²) in [6, 6.07) is -0.766. The summed E-state index contributed by atoms with van der Waals surface area (Å²) in [6.07, 6.45) is 82.3. The summed E-state index contributed by atoms with van der Waals surface area (Å²) in [5.41, 5.74) is 0. The molecular weight excluding hydrogens is 972 g/mol. The molecule has 0 saturated carbocycles. The molecule has 3 atom stereocenters. The summed E-state index contributed by atoms with van der Waals surface area (Å²) < 4.78 is 23.8. The largest absolute Gasteiger partial charge is 0.472 e. The fraction of sp³-hybridized carbons (Fsp3) is 0.779. The van der Waals surface area contributed by atoms with Crippen LogP contribution in [0.25, 0.3) is 0 Å². The third-order valence-electron chi connectivity index (χ3n) is 14.4. The smallest absolute Gasteiger partial charge is 0.391 e. The fourth-order valence-corrected chi connectivity index (χ4v) is 10.1. The van der Waals surface area contributed by atoms with Crippen LogP contribution in [0.4, 0.5) is 0 Å². The van der Waals surface area contributed by atoms with Crippen LogP contribution in [0.1, 0.15) is 290 Å². The number of carbonyl (C=O) groups excluding carboxylic acids is 1. The van der Waals surface area contributed by atoms with Gasteiger partial charge in [-0.25, -0.2) is 4.57 Å². The van der Waals surface area contributed by atoms with Crippen molar-refractivity contribution in [2.75, 3.05) is 40.9 Å². The summed E-state index contributed by atoms with van der Waals surface area (Å²) in [6.45, 7) is 4.80. The number of hydrogen-bond donors (Lipinski definition) is 3. The van der Waals surface area contributed by atoms with Crippen molar-refractivity contribution in [3.05, 3.63) is 85.1 Å². The molecule has 448 valence electrons. The number of unbranched alkanes of at least 4 members (excludes halogenated alkanes) is 32. The average Bonchev–Trinajstić information content (AvgIpc) is 3.39. The minimum Gasteiger partial charge on any atom is -0.391 e. The summed E-state index contributed by atoms with van der Waals surface area (Å²) in [5.74, 6) is -0.145. The molecule has 0 aliphatic rings. The van der Waals surface area contributed by atoms with Crippen LogP contribution in [0.5, 0.6) is 0 Å². The average molecular weight is 1100 g/mol. The fourth-order valence-electron chi connectivity index (χ4n) is 9.38. The van der Waals surface area contributed by atoms with E-state index in [-0.39, 0.29) is 19.1 Å². The minimum atomic E-state index is -4.33. The number of allylic oxidation sites excluding steroid dienone is 14. The first-order valence-corrected chi connectivity index (χ1v) is 33.9. The lowest BCUT2D eigenvalue weighted by Crippen LogP contribution is -2.46. The number of quaternary nitrogens is 1. The van der Waals surface area contributed by atoms with E-state index in [1.807, 2.05) is 21.1 Å². The molecule has 0 bridgehead atoms. The Balaban J connectivity index is 4.07. The Morgan fingerprint density at radius 2 is 0.779 bits per heavy atom. The van der Waals surface area contributed by atoms with E-state index in [9.17, 15) is 19.4 Å². The number of likely N-dealkylation sites (N-methyl/N-ethyl adjacent to an activating group) is 1. The van der Waals surface area contributed by atoms with Crippen LogP contribution in [0.15, 0.2) is 85.1 Å². The zero-order valence-corrected chi connectivity index (χ0v) is 52.1. The standard InChI is InChI=1S/C68H125N2O6P/c1-6-8-10-12-14-16-18-20-22-24-26-28-29-30-31-32-33-34-35-36-37-38-39-40-41-42-44-46-48-50-52-54-56-58-60-62-68(72)69-66(65-76-77(73,74)75-64-63-70(3,4)5)67(71)61-59-57-55-53-51-49-47-45-43-27-25-23-21-19-17-15-13-11-9-7-2/h8,10,14,16,20,22,26,28,30-31,33-34,36-37,66-67,71H,6-7,9,11-13,15,17-19,21,23-25,27,29,32,35,38-65H2,1-5H3,(H-,69,72,73,74)/p+1/b10-8-,16-14-,22-20-,28-26-,31-30-,34-33-,37-36-. The van der Waals surface area contributed by atoms with Gasteiger partial charge in [0.15, 0.2) is 0 Å². The number of aliphatic hydroxyl groups excluding tert-OH is 1. The van der Waals surface area contributed by atoms with Crippen LogP contribution in [-0.2, 0) is 18.4 Å². The lowest BCUT2D eigenvalue weighted by Gasteiger charge is -2.26. The third-order valence-corrected chi connectivity index (χ3v) is 15.4. The number of phosphoric acid groups is 1. The van der Waals surface area contributed by atoms with Gasteiger partial charge in [0.05, 0.1) is 39.9 Å². The van der Waals surface area contributed by atoms with Crippen LogP contribution in [0, 0.1) is 0 Å². The predicted octanol–water partition coefficient (Wildman–Crippen LogP) is 20.4. The zero-order chi connectivity index (χ0) is 56.3. The molecule has 0 aromatic rings. The molecule has 0 fully saturated rings. The SMILES string of the molecule is CC/C=C\C/C=C\C/C=C\C/C=C\C/C=C\C/C=C\C/C=C\CCCCCCCCCCCCCCCC(=O)NC(COP(=O)(O)OCC[N+](C)(C)C)C(O)CCCCCCCCCCCCCCCCCCCCCC. The Kier molecular flexibility index (Phi) is 56.6. The van der Waals surface area contributed by atoms with Crippen LogP contribution in [0.2, 0.25) is 0 Å². The summed E-state index contributed by atoms with van der Waals surface area (Å²) in [4.78, 5) is 23.4. The van der Waals surface area contributed by atoms with E-state index in [2.05, 4.69) is 104 Å². The molecule has 1 amide bonds. The molecular formula is C68H126N2O6P+. The summed E-state index contributed by atoms with van der Waals surface area (Å²) in [7, 11) is 1.62. The number of phosphoric ester groups is 1. The molecule has 0 aromatic heterocycles. The Bertz CT molecular complexity index is 1530. The highest BCUT2D eigenvalue weighted by Gasteiger charge is 2.28. The second-order valence-corrected chi connectivity index (χ2v) is 24.6. The van der Waals surface area contributed by atoms with E-state index in [1.165, 1.54) is 180 Å². The molecule has 0 radical (unpaired) electrons. The van der Waals surface area contributed by atoms with Gasteiger partial charge in [-0.1, -0.05) is 298 Å². The van der Waals surface area contributed by atoms with E-state index in [1.54, 1.807) is 0 Å². The van der Waals surface area contributed by atoms with Crippen molar-refractivity contribution in [1.82, 2.24) is 5.32 Å². The monoisotopic (exact) mass is 1100 g/mol. The van der Waals surface area contributed by atoms with Gasteiger partial charge in [0, 0.05) is 6.42 Å². The highest BCUT2D eigenvalue weighted by molar-refractivity contribution is 7.47. The molecule has 0 aliphatic heterocycles.